The molecule has 0 saturated heterocycles. The van der Waals surface area contributed by atoms with Gasteiger partial charge in [0.25, 0.3) is 0 Å². The quantitative estimate of drug-likeness (QED) is 0.0410. The lowest BCUT2D eigenvalue weighted by Crippen LogP contribution is -2.45. The van der Waals surface area contributed by atoms with Crippen LogP contribution < -0.4 is 0 Å². The van der Waals surface area contributed by atoms with Crippen molar-refractivity contribution in [3.63, 3.8) is 0 Å². The average molecular weight is 615 g/mol. The normalized spacial score (nSPS) is 11.6. The summed E-state index contributed by atoms with van der Waals surface area (Å²) in [7, 11) is 4.17. The van der Waals surface area contributed by atoms with Gasteiger partial charge in [0, 0.05) is 39.3 Å². The van der Waals surface area contributed by atoms with Crippen LogP contribution in [0.4, 0.5) is 0 Å². The molecule has 0 fully saturated rings. The number of unbranched alkanes of at least 4 members (excludes halogenated alkanes) is 16. The summed E-state index contributed by atoms with van der Waals surface area (Å²) in [4.78, 5) is 24.2. The van der Waals surface area contributed by atoms with E-state index in [2.05, 4.69) is 27.9 Å². The van der Waals surface area contributed by atoms with Crippen LogP contribution in [0, 0.1) is 0 Å². The van der Waals surface area contributed by atoms with E-state index in [1.54, 1.807) is 0 Å². The van der Waals surface area contributed by atoms with Gasteiger partial charge < -0.3 is 23.4 Å². The zero-order valence-electron chi connectivity index (χ0n) is 29.1. The Bertz CT molecular complexity index is 563. The Morgan fingerprint density at radius 3 is 1.07 bits per heavy atom. The molecule has 7 heteroatoms. The van der Waals surface area contributed by atoms with Crippen LogP contribution in [0.1, 0.15) is 155 Å². The average Bonchev–Trinajstić information content (AvgIpc) is 2.97. The summed E-state index contributed by atoms with van der Waals surface area (Å²) in [6.45, 7) is 10.3. The number of carbonyl (C=O) groups is 2. The van der Waals surface area contributed by atoms with Gasteiger partial charge >= 0.3 is 11.9 Å². The molecule has 0 spiro atoms. The number of quaternary nitrogens is 1. The van der Waals surface area contributed by atoms with Gasteiger partial charge in [0.15, 0.2) is 0 Å². The van der Waals surface area contributed by atoms with Crippen LogP contribution in [0.2, 0.25) is 0 Å². The highest BCUT2D eigenvalue weighted by molar-refractivity contribution is 5.69. The van der Waals surface area contributed by atoms with Crippen molar-refractivity contribution in [2.45, 2.75) is 155 Å². The summed E-state index contributed by atoms with van der Waals surface area (Å²) >= 11 is 0. The largest absolute Gasteiger partial charge is 0.460 e. The first-order chi connectivity index (χ1) is 20.9. The van der Waals surface area contributed by atoms with Gasteiger partial charge in [-0.15, -0.1) is 0 Å². The van der Waals surface area contributed by atoms with Crippen LogP contribution in [0.25, 0.3) is 0 Å². The van der Waals surface area contributed by atoms with Gasteiger partial charge in [0.1, 0.15) is 26.3 Å². The molecule has 0 aromatic carbocycles. The van der Waals surface area contributed by atoms with E-state index in [0.717, 1.165) is 65.2 Å². The predicted octanol–water partition coefficient (Wildman–Crippen LogP) is 8.80. The van der Waals surface area contributed by atoms with Crippen molar-refractivity contribution in [1.29, 1.82) is 0 Å². The number of carbonyl (C=O) groups excluding carboxylic acids is 2. The van der Waals surface area contributed by atoms with Crippen LogP contribution in [0.15, 0.2) is 0 Å². The van der Waals surface area contributed by atoms with Crippen molar-refractivity contribution in [3.8, 4) is 0 Å². The standard InChI is InChI=1S/C36H72NO6/c1-5-7-29-40-31-23-19-15-11-9-13-17-21-25-35(38)42-33-27-37(3,4)28-34-43-36(39)26-22-18-14-10-12-16-20-24-32-41-30-8-6-2/h5-34H2,1-4H3/q+1. The molecule has 0 amide bonds. The maximum absolute atomic E-state index is 12.1. The Balaban J connectivity index is 3.50. The van der Waals surface area contributed by atoms with Crippen LogP contribution in [-0.4, -0.2) is 83.2 Å². The number of hydrogen-bond donors (Lipinski definition) is 0. The molecule has 7 nitrogen and oxygen atoms in total. The van der Waals surface area contributed by atoms with E-state index >= 15 is 0 Å². The number of nitrogens with zero attached hydrogens (tertiary/aromatic N) is 1. The summed E-state index contributed by atoms with van der Waals surface area (Å²) in [6, 6.07) is 0. The first kappa shape index (κ1) is 41.8. The molecule has 256 valence electrons. The molecular weight excluding hydrogens is 542 g/mol. The van der Waals surface area contributed by atoms with Gasteiger partial charge in [-0.1, -0.05) is 104 Å². The Morgan fingerprint density at radius 1 is 0.419 bits per heavy atom. The summed E-state index contributed by atoms with van der Waals surface area (Å²) in [5.74, 6) is -0.191. The lowest BCUT2D eigenvalue weighted by molar-refractivity contribution is -0.890. The molecule has 0 heterocycles. The van der Waals surface area contributed by atoms with Gasteiger partial charge in [0.2, 0.25) is 0 Å². The minimum Gasteiger partial charge on any atom is -0.460 e. The van der Waals surface area contributed by atoms with E-state index in [-0.39, 0.29) is 11.9 Å². The van der Waals surface area contributed by atoms with Crippen LogP contribution >= 0.6 is 0 Å². The van der Waals surface area contributed by atoms with Crippen LogP contribution in [0.5, 0.6) is 0 Å². The van der Waals surface area contributed by atoms with Crippen molar-refractivity contribution in [2.24, 2.45) is 0 Å². The number of rotatable bonds is 34. The van der Waals surface area contributed by atoms with E-state index in [4.69, 9.17) is 18.9 Å². The van der Waals surface area contributed by atoms with Crippen molar-refractivity contribution < 1.29 is 33.0 Å². The number of likely N-dealkylation sites (N-methyl/N-ethyl adjacent to an activating group) is 1. The van der Waals surface area contributed by atoms with E-state index in [9.17, 15) is 9.59 Å². The molecule has 0 bridgehead atoms. The molecule has 0 N–H and O–H groups in total. The van der Waals surface area contributed by atoms with E-state index < -0.39 is 0 Å². The lowest BCUT2D eigenvalue weighted by atomic mass is 10.1. The molecule has 0 saturated carbocycles. The fraction of sp³-hybridized carbons (Fsp3) is 0.944. The summed E-state index contributed by atoms with van der Waals surface area (Å²) < 4.78 is 22.8. The van der Waals surface area contributed by atoms with Crippen molar-refractivity contribution >= 4 is 11.9 Å². The van der Waals surface area contributed by atoms with Gasteiger partial charge in [-0.05, 0) is 38.5 Å². The third kappa shape index (κ3) is 33.5. The Morgan fingerprint density at radius 2 is 0.721 bits per heavy atom. The minimum absolute atomic E-state index is 0.0955. The van der Waals surface area contributed by atoms with Gasteiger partial charge in [0.05, 0.1) is 14.1 Å². The van der Waals surface area contributed by atoms with Crippen LogP contribution in [0.3, 0.4) is 0 Å². The molecule has 0 aliphatic heterocycles. The van der Waals surface area contributed by atoms with E-state index in [1.807, 2.05) is 0 Å². The highest BCUT2D eigenvalue weighted by atomic mass is 16.5. The lowest BCUT2D eigenvalue weighted by Gasteiger charge is -2.29. The molecule has 0 atom stereocenters. The van der Waals surface area contributed by atoms with Gasteiger partial charge in [-0.3, -0.25) is 9.59 Å². The second-order valence-corrected chi connectivity index (χ2v) is 12.9. The van der Waals surface area contributed by atoms with Crippen molar-refractivity contribution in [2.75, 3.05) is 66.8 Å². The smallest absolute Gasteiger partial charge is 0.305 e. The topological polar surface area (TPSA) is 71.1 Å². The number of ether oxygens (including phenoxy) is 4. The predicted molar refractivity (Wildman–Crippen MR) is 178 cm³/mol. The zero-order chi connectivity index (χ0) is 31.7. The fourth-order valence-corrected chi connectivity index (χ4v) is 4.83. The third-order valence-electron chi connectivity index (χ3n) is 8.04. The Hall–Kier alpha value is -1.18. The van der Waals surface area contributed by atoms with E-state index in [1.165, 1.54) is 103 Å². The monoisotopic (exact) mass is 615 g/mol. The second kappa shape index (κ2) is 32.2. The fourth-order valence-electron chi connectivity index (χ4n) is 4.83. The van der Waals surface area contributed by atoms with Crippen molar-refractivity contribution in [1.82, 2.24) is 0 Å². The Labute approximate surface area is 266 Å². The highest BCUT2D eigenvalue weighted by Crippen LogP contribution is 2.12. The SMILES string of the molecule is CCCCOCCCCCCCCCCC(=O)OCC[N+](C)(C)CCOC(=O)CCCCCCCCCCOCCCC. The second-order valence-electron chi connectivity index (χ2n) is 12.9. The highest BCUT2D eigenvalue weighted by Gasteiger charge is 2.17. The molecule has 0 unspecified atom stereocenters. The maximum atomic E-state index is 12.1. The van der Waals surface area contributed by atoms with Gasteiger partial charge in [-0.25, -0.2) is 0 Å². The summed E-state index contributed by atoms with van der Waals surface area (Å²) in [5, 5.41) is 0. The summed E-state index contributed by atoms with van der Waals surface area (Å²) in [6.07, 6.45) is 24.6. The first-order valence-electron chi connectivity index (χ1n) is 18.2. The molecule has 0 rings (SSSR count). The number of hydrogen-bond acceptors (Lipinski definition) is 6. The molecule has 43 heavy (non-hydrogen) atoms. The molecule has 0 aromatic heterocycles. The third-order valence-corrected chi connectivity index (χ3v) is 8.04. The molecule has 0 aliphatic carbocycles. The minimum atomic E-state index is -0.0955. The van der Waals surface area contributed by atoms with Gasteiger partial charge in [-0.2, -0.15) is 0 Å². The zero-order valence-corrected chi connectivity index (χ0v) is 29.1. The molecule has 0 aliphatic rings. The molecule has 0 aromatic rings. The first-order valence-corrected chi connectivity index (χ1v) is 18.2. The molecular formula is C36H72NO6+. The van der Waals surface area contributed by atoms with Crippen molar-refractivity contribution in [3.05, 3.63) is 0 Å². The van der Waals surface area contributed by atoms with E-state index in [0.29, 0.717) is 30.5 Å². The van der Waals surface area contributed by atoms with Crippen LogP contribution in [-0.2, 0) is 28.5 Å². The Kier molecular flexibility index (Phi) is 31.3. The maximum Gasteiger partial charge on any atom is 0.305 e. The number of esters is 2. The summed E-state index contributed by atoms with van der Waals surface area (Å²) in [5.41, 5.74) is 0. The molecule has 0 radical (unpaired) electrons.